The Kier molecular flexibility index (Phi) is 3.62. The molecule has 0 radical (unpaired) electrons. The number of hydrogen-bond donors (Lipinski definition) is 1. The average molecular weight is 265 g/mol. The van der Waals surface area contributed by atoms with Crippen LogP contribution in [-0.2, 0) is 11.3 Å². The van der Waals surface area contributed by atoms with Crippen LogP contribution in [0.4, 0.5) is 4.39 Å². The zero-order valence-electron chi connectivity index (χ0n) is 10.4. The predicted octanol–water partition coefficient (Wildman–Crippen LogP) is 2.63. The van der Waals surface area contributed by atoms with E-state index in [2.05, 4.69) is 4.98 Å². The minimum absolute atomic E-state index is 0.0331. The van der Waals surface area contributed by atoms with Gasteiger partial charge in [0.25, 0.3) is 0 Å². The molecule has 1 N–H and O–H groups in total. The molecule has 1 heterocycles. The van der Waals surface area contributed by atoms with E-state index in [9.17, 15) is 9.18 Å². The summed E-state index contributed by atoms with van der Waals surface area (Å²) in [6.45, 7) is 1.73. The van der Waals surface area contributed by atoms with Gasteiger partial charge in [0.15, 0.2) is 0 Å². The molecule has 0 aliphatic carbocycles. The summed E-state index contributed by atoms with van der Waals surface area (Å²) >= 11 is 0. The van der Waals surface area contributed by atoms with Crippen LogP contribution in [0, 0.1) is 12.7 Å². The monoisotopic (exact) mass is 265 g/mol. The molecule has 0 spiro atoms. The number of benzene rings is 1. The number of aryl methyl sites for hydroxylation is 1. The van der Waals surface area contributed by atoms with Crippen LogP contribution in [-0.4, -0.2) is 23.2 Å². The fourth-order valence-corrected chi connectivity index (χ4v) is 1.74. The largest absolute Gasteiger partial charge is 0.475 e. The molecule has 19 heavy (non-hydrogen) atoms. The molecule has 0 atom stereocenters. The second-order valence-corrected chi connectivity index (χ2v) is 3.99. The minimum atomic E-state index is -1.22. The van der Waals surface area contributed by atoms with E-state index in [1.807, 2.05) is 0 Å². The van der Waals surface area contributed by atoms with E-state index in [4.69, 9.17) is 14.3 Å². The second-order valence-electron chi connectivity index (χ2n) is 3.99. The molecule has 1 aromatic heterocycles. The Morgan fingerprint density at radius 3 is 2.84 bits per heavy atom. The van der Waals surface area contributed by atoms with Crippen molar-refractivity contribution in [3.8, 4) is 11.5 Å². The normalized spacial score (nSPS) is 10.7. The maximum Gasteiger partial charge on any atom is 0.373 e. The fraction of sp³-hybridized carbons (Fsp3) is 0.231. The number of aromatic nitrogens is 1. The van der Waals surface area contributed by atoms with Gasteiger partial charge in [-0.25, -0.2) is 14.2 Å². The standard InChI is InChI=1S/C13H12FNO4/c1-7-5-8(14)3-4-9(7)12-15-10(6-18-2)11(19-12)13(16)17/h3-5H,6H2,1-2H3,(H,16,17). The van der Waals surface area contributed by atoms with Crippen LogP contribution in [0.2, 0.25) is 0 Å². The number of carbonyl (C=O) groups is 1. The summed E-state index contributed by atoms with van der Waals surface area (Å²) in [5.41, 5.74) is 1.36. The van der Waals surface area contributed by atoms with Crippen molar-refractivity contribution >= 4 is 5.97 Å². The summed E-state index contributed by atoms with van der Waals surface area (Å²) in [5.74, 6) is -1.71. The van der Waals surface area contributed by atoms with Gasteiger partial charge in [-0.1, -0.05) is 0 Å². The molecular weight excluding hydrogens is 253 g/mol. The first kappa shape index (κ1) is 13.2. The summed E-state index contributed by atoms with van der Waals surface area (Å²) < 4.78 is 23.1. The molecule has 0 bridgehead atoms. The van der Waals surface area contributed by atoms with Gasteiger partial charge in [0, 0.05) is 12.7 Å². The predicted molar refractivity (Wildman–Crippen MR) is 64.3 cm³/mol. The Morgan fingerprint density at radius 2 is 2.26 bits per heavy atom. The highest BCUT2D eigenvalue weighted by Crippen LogP contribution is 2.26. The number of ether oxygens (including phenoxy) is 1. The Hall–Kier alpha value is -2.21. The highest BCUT2D eigenvalue weighted by Gasteiger charge is 2.21. The maximum absolute atomic E-state index is 13.0. The van der Waals surface area contributed by atoms with E-state index >= 15 is 0 Å². The number of carboxylic acids is 1. The van der Waals surface area contributed by atoms with Gasteiger partial charge >= 0.3 is 5.97 Å². The molecule has 100 valence electrons. The Bertz CT molecular complexity index is 621. The first-order valence-corrected chi connectivity index (χ1v) is 5.51. The van der Waals surface area contributed by atoms with Gasteiger partial charge in [-0.05, 0) is 30.7 Å². The highest BCUT2D eigenvalue weighted by molar-refractivity contribution is 5.86. The van der Waals surface area contributed by atoms with E-state index in [0.717, 1.165) is 0 Å². The van der Waals surface area contributed by atoms with Crippen molar-refractivity contribution in [3.05, 3.63) is 41.0 Å². The average Bonchev–Trinajstić information content (AvgIpc) is 2.73. The summed E-state index contributed by atoms with van der Waals surface area (Å²) in [4.78, 5) is 15.1. The van der Waals surface area contributed by atoms with Crippen LogP contribution >= 0.6 is 0 Å². The first-order chi connectivity index (χ1) is 9.02. The Labute approximate surface area is 108 Å². The van der Waals surface area contributed by atoms with Crippen LogP contribution in [0.1, 0.15) is 21.8 Å². The lowest BCUT2D eigenvalue weighted by atomic mass is 10.1. The van der Waals surface area contributed by atoms with Crippen molar-refractivity contribution < 1.29 is 23.4 Å². The van der Waals surface area contributed by atoms with Crippen molar-refractivity contribution in [2.75, 3.05) is 7.11 Å². The van der Waals surface area contributed by atoms with E-state index in [0.29, 0.717) is 11.1 Å². The molecule has 0 amide bonds. The van der Waals surface area contributed by atoms with Crippen LogP contribution < -0.4 is 0 Å². The van der Waals surface area contributed by atoms with Crippen LogP contribution in [0.25, 0.3) is 11.5 Å². The molecule has 5 nitrogen and oxygen atoms in total. The minimum Gasteiger partial charge on any atom is -0.475 e. The SMILES string of the molecule is COCc1nc(-c2ccc(F)cc2C)oc1C(=O)O. The molecule has 6 heteroatoms. The third kappa shape index (κ3) is 2.63. The number of oxazole rings is 1. The molecular formula is C13H12FNO4. The molecule has 0 saturated carbocycles. The Morgan fingerprint density at radius 1 is 1.53 bits per heavy atom. The van der Waals surface area contributed by atoms with Crippen LogP contribution in [0.5, 0.6) is 0 Å². The summed E-state index contributed by atoms with van der Waals surface area (Å²) in [6, 6.07) is 4.09. The van der Waals surface area contributed by atoms with E-state index in [-0.39, 0.29) is 29.8 Å². The van der Waals surface area contributed by atoms with Crippen molar-refractivity contribution in [2.45, 2.75) is 13.5 Å². The molecule has 0 aliphatic rings. The quantitative estimate of drug-likeness (QED) is 0.919. The number of methoxy groups -OCH3 is 1. The first-order valence-electron chi connectivity index (χ1n) is 5.51. The summed E-state index contributed by atoms with van der Waals surface area (Å²) in [6.07, 6.45) is 0. The number of hydrogen-bond acceptors (Lipinski definition) is 4. The third-order valence-corrected chi connectivity index (χ3v) is 2.59. The third-order valence-electron chi connectivity index (χ3n) is 2.59. The van der Waals surface area contributed by atoms with E-state index < -0.39 is 5.97 Å². The summed E-state index contributed by atoms with van der Waals surface area (Å²) in [5, 5.41) is 9.02. The topological polar surface area (TPSA) is 72.6 Å². The van der Waals surface area contributed by atoms with Gasteiger partial charge < -0.3 is 14.3 Å². The van der Waals surface area contributed by atoms with Gasteiger partial charge in [-0.3, -0.25) is 0 Å². The summed E-state index contributed by atoms with van der Waals surface area (Å²) in [7, 11) is 1.43. The van der Waals surface area contributed by atoms with E-state index in [1.54, 1.807) is 6.92 Å². The maximum atomic E-state index is 13.0. The number of aromatic carboxylic acids is 1. The van der Waals surface area contributed by atoms with Crippen molar-refractivity contribution in [2.24, 2.45) is 0 Å². The van der Waals surface area contributed by atoms with Gasteiger partial charge in [0.05, 0.1) is 6.61 Å². The van der Waals surface area contributed by atoms with Gasteiger partial charge in [-0.2, -0.15) is 0 Å². The number of rotatable bonds is 4. The van der Waals surface area contributed by atoms with Crippen molar-refractivity contribution in [3.63, 3.8) is 0 Å². The lowest BCUT2D eigenvalue weighted by molar-refractivity contribution is 0.0656. The number of nitrogens with zero attached hydrogens (tertiary/aromatic N) is 1. The zero-order chi connectivity index (χ0) is 14.0. The molecule has 0 unspecified atom stereocenters. The molecule has 1 aromatic carbocycles. The Balaban J connectivity index is 2.50. The van der Waals surface area contributed by atoms with Crippen LogP contribution in [0.3, 0.4) is 0 Å². The smallest absolute Gasteiger partial charge is 0.373 e. The lowest BCUT2D eigenvalue weighted by Gasteiger charge is -2.00. The van der Waals surface area contributed by atoms with Crippen molar-refractivity contribution in [1.29, 1.82) is 0 Å². The second kappa shape index (κ2) is 5.19. The molecule has 0 fully saturated rings. The number of halogens is 1. The van der Waals surface area contributed by atoms with Gasteiger partial charge in [0.2, 0.25) is 11.7 Å². The number of carboxylic acid groups (broad SMARTS) is 1. The van der Waals surface area contributed by atoms with Gasteiger partial charge in [0.1, 0.15) is 11.5 Å². The van der Waals surface area contributed by atoms with E-state index in [1.165, 1.54) is 25.3 Å². The zero-order valence-corrected chi connectivity index (χ0v) is 10.4. The van der Waals surface area contributed by atoms with Crippen LogP contribution in [0.15, 0.2) is 22.6 Å². The van der Waals surface area contributed by atoms with Gasteiger partial charge in [-0.15, -0.1) is 0 Å². The molecule has 2 aromatic rings. The van der Waals surface area contributed by atoms with Crippen molar-refractivity contribution in [1.82, 2.24) is 4.98 Å². The molecule has 2 rings (SSSR count). The highest BCUT2D eigenvalue weighted by atomic mass is 19.1. The fourth-order valence-electron chi connectivity index (χ4n) is 1.74. The lowest BCUT2D eigenvalue weighted by Crippen LogP contribution is -2.00. The molecule has 0 aliphatic heterocycles. The molecule has 0 saturated heterocycles.